The van der Waals surface area contributed by atoms with Gasteiger partial charge in [0, 0.05) is 12.2 Å². The van der Waals surface area contributed by atoms with Gasteiger partial charge in [0.05, 0.1) is 11.2 Å². The molecule has 0 radical (unpaired) electrons. The van der Waals surface area contributed by atoms with E-state index in [4.69, 9.17) is 5.11 Å². The molecule has 3 N–H and O–H groups in total. The molecule has 5 nitrogen and oxygen atoms in total. The van der Waals surface area contributed by atoms with Crippen molar-refractivity contribution in [2.45, 2.75) is 44.6 Å². The monoisotopic (exact) mass is 264 g/mol. The molecule has 2 rings (SSSR count). The third-order valence-corrected chi connectivity index (χ3v) is 3.57. The Balaban J connectivity index is 2.16. The van der Waals surface area contributed by atoms with Gasteiger partial charge in [0.2, 0.25) is 0 Å². The van der Waals surface area contributed by atoms with Crippen molar-refractivity contribution in [3.8, 4) is 0 Å². The molecule has 1 aromatic rings. The standard InChI is InChI=1S/C14H20N2O3/c1-9(2)11-6-10(13(17)18)7-12(16-11)15-8-14(19)4-3-5-14/h6-7,9,19H,3-5,8H2,1-2H3,(H,15,16)(H,17,18). The van der Waals surface area contributed by atoms with Crippen molar-refractivity contribution in [3.05, 3.63) is 23.4 Å². The molecular weight excluding hydrogens is 244 g/mol. The van der Waals surface area contributed by atoms with E-state index in [1.807, 2.05) is 13.8 Å². The normalized spacial score (nSPS) is 17.1. The first-order valence-electron chi connectivity index (χ1n) is 6.61. The van der Waals surface area contributed by atoms with Gasteiger partial charge >= 0.3 is 5.97 Å². The zero-order valence-corrected chi connectivity index (χ0v) is 11.3. The highest BCUT2D eigenvalue weighted by Gasteiger charge is 2.34. The number of hydrogen-bond acceptors (Lipinski definition) is 4. The van der Waals surface area contributed by atoms with Crippen molar-refractivity contribution >= 4 is 11.8 Å². The molecule has 0 aliphatic heterocycles. The maximum Gasteiger partial charge on any atom is 0.335 e. The largest absolute Gasteiger partial charge is 0.478 e. The van der Waals surface area contributed by atoms with Gasteiger partial charge in [0.15, 0.2) is 0 Å². The second kappa shape index (κ2) is 5.17. The first-order valence-corrected chi connectivity index (χ1v) is 6.61. The van der Waals surface area contributed by atoms with Crippen LogP contribution in [-0.2, 0) is 0 Å². The predicted octanol–water partition coefficient (Wildman–Crippen LogP) is 2.23. The van der Waals surface area contributed by atoms with Crippen LogP contribution in [0.25, 0.3) is 0 Å². The molecule has 0 atom stereocenters. The van der Waals surface area contributed by atoms with Crippen LogP contribution in [0.2, 0.25) is 0 Å². The second-order valence-corrected chi connectivity index (χ2v) is 5.56. The van der Waals surface area contributed by atoms with E-state index < -0.39 is 11.6 Å². The lowest BCUT2D eigenvalue weighted by Gasteiger charge is -2.36. The molecular formula is C14H20N2O3. The number of carboxylic acid groups (broad SMARTS) is 1. The smallest absolute Gasteiger partial charge is 0.335 e. The van der Waals surface area contributed by atoms with Crippen LogP contribution in [0.5, 0.6) is 0 Å². The Labute approximate surface area is 112 Å². The van der Waals surface area contributed by atoms with Crippen LogP contribution < -0.4 is 5.32 Å². The quantitative estimate of drug-likeness (QED) is 0.759. The molecule has 0 bridgehead atoms. The zero-order valence-electron chi connectivity index (χ0n) is 11.3. The Bertz CT molecular complexity index is 482. The molecule has 0 saturated heterocycles. The number of pyridine rings is 1. The van der Waals surface area contributed by atoms with Crippen LogP contribution in [0.4, 0.5) is 5.82 Å². The highest BCUT2D eigenvalue weighted by Crippen LogP contribution is 2.31. The van der Waals surface area contributed by atoms with Gasteiger partial charge in [0.25, 0.3) is 0 Å². The summed E-state index contributed by atoms with van der Waals surface area (Å²) >= 11 is 0. The van der Waals surface area contributed by atoms with Gasteiger partial charge in [-0.25, -0.2) is 9.78 Å². The summed E-state index contributed by atoms with van der Waals surface area (Å²) < 4.78 is 0. The molecule has 19 heavy (non-hydrogen) atoms. The van der Waals surface area contributed by atoms with Crippen molar-refractivity contribution in [2.24, 2.45) is 0 Å². The van der Waals surface area contributed by atoms with E-state index in [-0.39, 0.29) is 11.5 Å². The summed E-state index contributed by atoms with van der Waals surface area (Å²) in [6.07, 6.45) is 2.61. The van der Waals surface area contributed by atoms with Crippen LogP contribution in [-0.4, -0.2) is 33.3 Å². The van der Waals surface area contributed by atoms with Gasteiger partial charge in [-0.3, -0.25) is 0 Å². The maximum absolute atomic E-state index is 11.1. The van der Waals surface area contributed by atoms with Gasteiger partial charge < -0.3 is 15.5 Å². The number of carboxylic acids is 1. The fourth-order valence-corrected chi connectivity index (χ4v) is 2.08. The number of aromatic carboxylic acids is 1. The van der Waals surface area contributed by atoms with E-state index in [0.717, 1.165) is 25.0 Å². The molecule has 0 unspecified atom stereocenters. The molecule has 0 amide bonds. The third kappa shape index (κ3) is 3.23. The number of aromatic nitrogens is 1. The number of aliphatic hydroxyl groups is 1. The Morgan fingerprint density at radius 1 is 1.47 bits per heavy atom. The summed E-state index contributed by atoms with van der Waals surface area (Å²) in [7, 11) is 0. The number of carbonyl (C=O) groups is 1. The summed E-state index contributed by atoms with van der Waals surface area (Å²) in [5.74, 6) is -0.287. The van der Waals surface area contributed by atoms with E-state index in [2.05, 4.69) is 10.3 Å². The van der Waals surface area contributed by atoms with E-state index in [0.29, 0.717) is 12.4 Å². The average molecular weight is 264 g/mol. The van der Waals surface area contributed by atoms with Gasteiger partial charge in [-0.05, 0) is 37.3 Å². The Kier molecular flexibility index (Phi) is 3.75. The summed E-state index contributed by atoms with van der Waals surface area (Å²) in [6, 6.07) is 3.10. The predicted molar refractivity (Wildman–Crippen MR) is 72.6 cm³/mol. The summed E-state index contributed by atoms with van der Waals surface area (Å²) in [4.78, 5) is 15.5. The molecule has 1 aliphatic rings. The molecule has 1 aromatic heterocycles. The lowest BCUT2D eigenvalue weighted by atomic mass is 9.80. The van der Waals surface area contributed by atoms with Gasteiger partial charge in [-0.15, -0.1) is 0 Å². The Morgan fingerprint density at radius 3 is 2.63 bits per heavy atom. The third-order valence-electron chi connectivity index (χ3n) is 3.57. The van der Waals surface area contributed by atoms with Gasteiger partial charge in [0.1, 0.15) is 5.82 Å². The van der Waals surface area contributed by atoms with Crippen LogP contribution in [0, 0.1) is 0 Å². The van der Waals surface area contributed by atoms with Gasteiger partial charge in [-0.1, -0.05) is 13.8 Å². The maximum atomic E-state index is 11.1. The Hall–Kier alpha value is -1.62. The highest BCUT2D eigenvalue weighted by molar-refractivity contribution is 5.88. The SMILES string of the molecule is CC(C)c1cc(C(=O)O)cc(NCC2(O)CCC2)n1. The molecule has 1 fully saturated rings. The topological polar surface area (TPSA) is 82.5 Å². The van der Waals surface area contributed by atoms with Crippen molar-refractivity contribution in [1.29, 1.82) is 0 Å². The summed E-state index contributed by atoms with van der Waals surface area (Å²) in [6.45, 7) is 4.36. The minimum atomic E-state index is -0.963. The number of rotatable bonds is 5. The number of nitrogens with one attached hydrogen (secondary N) is 1. The number of nitrogens with zero attached hydrogens (tertiary/aromatic N) is 1. The van der Waals surface area contributed by atoms with Crippen molar-refractivity contribution in [3.63, 3.8) is 0 Å². The molecule has 104 valence electrons. The van der Waals surface area contributed by atoms with Crippen molar-refractivity contribution in [1.82, 2.24) is 4.98 Å². The molecule has 0 aromatic carbocycles. The van der Waals surface area contributed by atoms with E-state index in [1.165, 1.54) is 6.07 Å². The van der Waals surface area contributed by atoms with E-state index in [9.17, 15) is 9.90 Å². The Morgan fingerprint density at radius 2 is 2.16 bits per heavy atom. The van der Waals surface area contributed by atoms with Gasteiger partial charge in [-0.2, -0.15) is 0 Å². The molecule has 5 heteroatoms. The van der Waals surface area contributed by atoms with E-state index in [1.54, 1.807) is 6.07 Å². The fraction of sp³-hybridized carbons (Fsp3) is 0.571. The van der Waals surface area contributed by atoms with Crippen LogP contribution in [0.3, 0.4) is 0 Å². The highest BCUT2D eigenvalue weighted by atomic mass is 16.4. The summed E-state index contributed by atoms with van der Waals surface area (Å²) in [5.41, 5.74) is 0.309. The van der Waals surface area contributed by atoms with Crippen LogP contribution in [0.1, 0.15) is 55.1 Å². The molecule has 1 heterocycles. The minimum Gasteiger partial charge on any atom is -0.478 e. The zero-order chi connectivity index (χ0) is 14.0. The summed E-state index contributed by atoms with van der Waals surface area (Å²) in [5, 5.41) is 22.2. The second-order valence-electron chi connectivity index (χ2n) is 5.56. The lowest BCUT2D eigenvalue weighted by molar-refractivity contribution is -0.0202. The average Bonchev–Trinajstić information content (AvgIpc) is 2.33. The van der Waals surface area contributed by atoms with E-state index >= 15 is 0 Å². The number of hydrogen-bond donors (Lipinski definition) is 3. The van der Waals surface area contributed by atoms with Crippen LogP contribution in [0.15, 0.2) is 12.1 Å². The lowest BCUT2D eigenvalue weighted by Crippen LogP contribution is -2.43. The fourth-order valence-electron chi connectivity index (χ4n) is 2.08. The first-order chi connectivity index (χ1) is 8.89. The minimum absolute atomic E-state index is 0.159. The molecule has 1 aliphatic carbocycles. The number of anilines is 1. The van der Waals surface area contributed by atoms with Crippen molar-refractivity contribution < 1.29 is 15.0 Å². The first kappa shape index (κ1) is 13.8. The van der Waals surface area contributed by atoms with Crippen LogP contribution >= 0.6 is 0 Å². The van der Waals surface area contributed by atoms with Crippen molar-refractivity contribution in [2.75, 3.05) is 11.9 Å². The molecule has 0 spiro atoms. The molecule has 1 saturated carbocycles.